The lowest BCUT2D eigenvalue weighted by molar-refractivity contribution is 0.508. The molecular weight excluding hydrogens is 266 g/mol. The predicted molar refractivity (Wildman–Crippen MR) is 74.6 cm³/mol. The SMILES string of the molecule is CCc1nc(CN(CC)c2ccc(F)c(F)c2)cs1. The second-order valence-corrected chi connectivity index (χ2v) is 5.14. The summed E-state index contributed by atoms with van der Waals surface area (Å²) in [7, 11) is 0. The van der Waals surface area contributed by atoms with Gasteiger partial charge in [0.05, 0.1) is 17.2 Å². The van der Waals surface area contributed by atoms with Gasteiger partial charge in [-0.1, -0.05) is 6.92 Å². The van der Waals surface area contributed by atoms with Gasteiger partial charge in [0.15, 0.2) is 11.6 Å². The van der Waals surface area contributed by atoms with Crippen LogP contribution in [0, 0.1) is 11.6 Å². The zero-order valence-electron chi connectivity index (χ0n) is 11.0. The highest BCUT2D eigenvalue weighted by atomic mass is 32.1. The summed E-state index contributed by atoms with van der Waals surface area (Å²) in [6.07, 6.45) is 0.919. The van der Waals surface area contributed by atoms with E-state index >= 15 is 0 Å². The van der Waals surface area contributed by atoms with E-state index in [1.807, 2.05) is 17.2 Å². The molecule has 2 aromatic rings. The third kappa shape index (κ3) is 3.29. The molecule has 19 heavy (non-hydrogen) atoms. The highest BCUT2D eigenvalue weighted by molar-refractivity contribution is 7.09. The van der Waals surface area contributed by atoms with Crippen LogP contribution in [0.25, 0.3) is 0 Å². The standard InChI is InChI=1S/C14H16F2N2S/c1-3-14-17-10(9-19-14)8-18(4-2)11-5-6-12(15)13(16)7-11/h5-7,9H,3-4,8H2,1-2H3. The maximum atomic E-state index is 13.3. The van der Waals surface area contributed by atoms with E-state index < -0.39 is 11.6 Å². The van der Waals surface area contributed by atoms with E-state index in [0.717, 1.165) is 23.2 Å². The summed E-state index contributed by atoms with van der Waals surface area (Å²) in [5, 5.41) is 3.11. The normalized spacial score (nSPS) is 10.7. The van der Waals surface area contributed by atoms with Crippen LogP contribution in [0.3, 0.4) is 0 Å². The lowest BCUT2D eigenvalue weighted by Gasteiger charge is -2.22. The van der Waals surface area contributed by atoms with Crippen LogP contribution in [0.15, 0.2) is 23.6 Å². The van der Waals surface area contributed by atoms with Gasteiger partial charge < -0.3 is 4.90 Å². The smallest absolute Gasteiger partial charge is 0.160 e. The molecule has 0 N–H and O–H groups in total. The molecule has 0 fully saturated rings. The number of aryl methyl sites for hydroxylation is 1. The number of halogens is 2. The van der Waals surface area contributed by atoms with Crippen LogP contribution in [0.2, 0.25) is 0 Å². The van der Waals surface area contributed by atoms with Crippen molar-refractivity contribution in [2.45, 2.75) is 26.8 Å². The maximum Gasteiger partial charge on any atom is 0.160 e. The minimum atomic E-state index is -0.818. The molecule has 102 valence electrons. The fraction of sp³-hybridized carbons (Fsp3) is 0.357. The predicted octanol–water partition coefficient (Wildman–Crippen LogP) is 4.01. The summed E-state index contributed by atoms with van der Waals surface area (Å²) in [6.45, 7) is 5.37. The summed E-state index contributed by atoms with van der Waals surface area (Å²) in [5.74, 6) is -1.63. The Morgan fingerprint density at radius 2 is 2.00 bits per heavy atom. The van der Waals surface area contributed by atoms with Gasteiger partial charge in [0, 0.05) is 23.7 Å². The first-order valence-corrected chi connectivity index (χ1v) is 7.15. The minimum absolute atomic E-state index is 0.609. The Hall–Kier alpha value is -1.49. The highest BCUT2D eigenvalue weighted by Crippen LogP contribution is 2.21. The molecular formula is C14H16F2N2S. The highest BCUT2D eigenvalue weighted by Gasteiger charge is 2.10. The fourth-order valence-corrected chi connectivity index (χ4v) is 2.58. The summed E-state index contributed by atoms with van der Waals surface area (Å²) >= 11 is 1.63. The number of thiazole rings is 1. The largest absolute Gasteiger partial charge is 0.366 e. The van der Waals surface area contributed by atoms with Gasteiger partial charge in [0.2, 0.25) is 0 Å². The van der Waals surface area contributed by atoms with Gasteiger partial charge in [-0.25, -0.2) is 13.8 Å². The van der Waals surface area contributed by atoms with Crippen LogP contribution >= 0.6 is 11.3 Å². The molecule has 1 aromatic carbocycles. The maximum absolute atomic E-state index is 13.3. The van der Waals surface area contributed by atoms with Gasteiger partial charge in [0.1, 0.15) is 0 Å². The number of anilines is 1. The summed E-state index contributed by atoms with van der Waals surface area (Å²) in [5.41, 5.74) is 1.64. The topological polar surface area (TPSA) is 16.1 Å². The number of hydrogen-bond acceptors (Lipinski definition) is 3. The molecule has 5 heteroatoms. The van der Waals surface area contributed by atoms with Crippen molar-refractivity contribution in [2.75, 3.05) is 11.4 Å². The molecule has 0 atom stereocenters. The number of aromatic nitrogens is 1. The van der Waals surface area contributed by atoms with Crippen LogP contribution < -0.4 is 4.90 Å². The molecule has 0 aliphatic heterocycles. The first-order chi connectivity index (χ1) is 9.13. The zero-order chi connectivity index (χ0) is 13.8. The molecule has 0 radical (unpaired) electrons. The molecule has 0 spiro atoms. The Bertz CT molecular complexity index is 554. The van der Waals surface area contributed by atoms with E-state index in [4.69, 9.17) is 0 Å². The molecule has 2 rings (SSSR count). The Morgan fingerprint density at radius 3 is 2.58 bits per heavy atom. The van der Waals surface area contributed by atoms with Crippen molar-refractivity contribution >= 4 is 17.0 Å². The van der Waals surface area contributed by atoms with Crippen LogP contribution in [-0.4, -0.2) is 11.5 Å². The Kier molecular flexibility index (Phi) is 4.47. The summed E-state index contributed by atoms with van der Waals surface area (Å²) in [4.78, 5) is 6.46. The van der Waals surface area contributed by atoms with Crippen LogP contribution in [0.1, 0.15) is 24.5 Å². The fourth-order valence-electron chi connectivity index (χ4n) is 1.85. The van der Waals surface area contributed by atoms with Crippen molar-refractivity contribution in [3.63, 3.8) is 0 Å². The lowest BCUT2D eigenvalue weighted by atomic mass is 10.2. The second kappa shape index (κ2) is 6.10. The second-order valence-electron chi connectivity index (χ2n) is 4.20. The van der Waals surface area contributed by atoms with E-state index in [1.165, 1.54) is 6.07 Å². The molecule has 1 heterocycles. The Balaban J connectivity index is 2.17. The molecule has 0 aliphatic carbocycles. The molecule has 0 amide bonds. The number of hydrogen-bond donors (Lipinski definition) is 0. The molecule has 1 aromatic heterocycles. The van der Waals surface area contributed by atoms with Gasteiger partial charge in [0.25, 0.3) is 0 Å². The van der Waals surface area contributed by atoms with Crippen molar-refractivity contribution in [3.8, 4) is 0 Å². The monoisotopic (exact) mass is 282 g/mol. The number of nitrogens with zero attached hydrogens (tertiary/aromatic N) is 2. The summed E-state index contributed by atoms with van der Waals surface area (Å²) < 4.78 is 26.2. The zero-order valence-corrected chi connectivity index (χ0v) is 11.8. The Morgan fingerprint density at radius 1 is 1.21 bits per heavy atom. The molecule has 0 unspecified atom stereocenters. The number of benzene rings is 1. The molecule has 0 saturated heterocycles. The number of rotatable bonds is 5. The third-order valence-corrected chi connectivity index (χ3v) is 3.95. The minimum Gasteiger partial charge on any atom is -0.366 e. The van der Waals surface area contributed by atoms with Crippen LogP contribution in [0.4, 0.5) is 14.5 Å². The third-order valence-electron chi connectivity index (χ3n) is 2.90. The molecule has 0 saturated carbocycles. The van der Waals surface area contributed by atoms with Gasteiger partial charge in [-0.3, -0.25) is 0 Å². The van der Waals surface area contributed by atoms with Crippen LogP contribution in [0.5, 0.6) is 0 Å². The average molecular weight is 282 g/mol. The van der Waals surface area contributed by atoms with Crippen molar-refractivity contribution in [3.05, 3.63) is 45.9 Å². The average Bonchev–Trinajstić information content (AvgIpc) is 2.87. The van der Waals surface area contributed by atoms with E-state index in [2.05, 4.69) is 11.9 Å². The van der Waals surface area contributed by atoms with Crippen molar-refractivity contribution < 1.29 is 8.78 Å². The van der Waals surface area contributed by atoms with Gasteiger partial charge in [-0.15, -0.1) is 11.3 Å². The first kappa shape index (κ1) is 13.9. The molecule has 2 nitrogen and oxygen atoms in total. The van der Waals surface area contributed by atoms with E-state index in [9.17, 15) is 8.78 Å². The van der Waals surface area contributed by atoms with Gasteiger partial charge >= 0.3 is 0 Å². The Labute approximate surface area is 115 Å². The van der Waals surface area contributed by atoms with Crippen molar-refractivity contribution in [1.82, 2.24) is 4.98 Å². The van der Waals surface area contributed by atoms with Gasteiger partial charge in [-0.2, -0.15) is 0 Å². The lowest BCUT2D eigenvalue weighted by Crippen LogP contribution is -2.22. The quantitative estimate of drug-likeness (QED) is 0.823. The van der Waals surface area contributed by atoms with Crippen molar-refractivity contribution in [1.29, 1.82) is 0 Å². The van der Waals surface area contributed by atoms with Gasteiger partial charge in [-0.05, 0) is 25.5 Å². The van der Waals surface area contributed by atoms with Crippen LogP contribution in [-0.2, 0) is 13.0 Å². The van der Waals surface area contributed by atoms with E-state index in [1.54, 1.807) is 17.4 Å². The van der Waals surface area contributed by atoms with E-state index in [0.29, 0.717) is 18.8 Å². The molecule has 0 bridgehead atoms. The van der Waals surface area contributed by atoms with E-state index in [-0.39, 0.29) is 0 Å². The first-order valence-electron chi connectivity index (χ1n) is 6.27. The molecule has 0 aliphatic rings. The summed E-state index contributed by atoms with van der Waals surface area (Å²) in [6, 6.07) is 3.98. The van der Waals surface area contributed by atoms with Crippen molar-refractivity contribution in [2.24, 2.45) is 0 Å².